The Hall–Kier alpha value is -2.23. The molecule has 138 valence electrons. The van der Waals surface area contributed by atoms with Gasteiger partial charge in [-0.05, 0) is 17.7 Å². The maximum absolute atomic E-state index is 12.9. The molecule has 1 aliphatic heterocycles. The van der Waals surface area contributed by atoms with Crippen molar-refractivity contribution in [2.75, 3.05) is 20.1 Å². The Morgan fingerprint density at radius 3 is 2.62 bits per heavy atom. The average molecular weight is 396 g/mol. The van der Waals surface area contributed by atoms with E-state index in [4.69, 9.17) is 29.6 Å². The number of hydrogen-bond acceptors (Lipinski definition) is 3. The molecule has 1 aliphatic rings. The minimum Gasteiger partial charge on any atom is -0.359 e. The number of carbonyl (C=O) groups is 3. The van der Waals surface area contributed by atoms with Crippen LogP contribution in [0.2, 0.25) is 5.02 Å². The van der Waals surface area contributed by atoms with Crippen molar-refractivity contribution in [3.05, 3.63) is 34.9 Å². The second-order valence-electron chi connectivity index (χ2n) is 5.85. The first kappa shape index (κ1) is 20.1. The minimum absolute atomic E-state index is 0.0375. The average Bonchev–Trinajstić information content (AvgIpc) is 2.62. The van der Waals surface area contributed by atoms with E-state index >= 15 is 0 Å². The van der Waals surface area contributed by atoms with Crippen molar-refractivity contribution in [2.24, 2.45) is 0 Å². The number of benzene rings is 1. The van der Waals surface area contributed by atoms with Crippen molar-refractivity contribution in [2.45, 2.75) is 24.4 Å². The molecule has 2 unspecified atom stereocenters. The molecule has 0 saturated carbocycles. The number of alkyl halides is 1. The highest BCUT2D eigenvalue weighted by atomic mass is 35.5. The lowest BCUT2D eigenvalue weighted by Crippen LogP contribution is -2.62. The van der Waals surface area contributed by atoms with Crippen LogP contribution in [0.5, 0.6) is 0 Å². The van der Waals surface area contributed by atoms with Crippen LogP contribution in [0, 0.1) is 12.3 Å². The van der Waals surface area contributed by atoms with Crippen molar-refractivity contribution >= 4 is 40.9 Å². The van der Waals surface area contributed by atoms with E-state index in [1.54, 1.807) is 24.3 Å². The fourth-order valence-electron chi connectivity index (χ4n) is 2.75. The number of halogens is 2. The Bertz CT molecular complexity index is 730. The fourth-order valence-corrected chi connectivity index (χ4v) is 3.22. The number of nitrogens with zero attached hydrogens (tertiary/aromatic N) is 2. The van der Waals surface area contributed by atoms with Crippen LogP contribution in [0.4, 0.5) is 0 Å². The summed E-state index contributed by atoms with van der Waals surface area (Å²) in [6, 6.07) is 6.11. The molecule has 26 heavy (non-hydrogen) atoms. The van der Waals surface area contributed by atoms with Crippen LogP contribution in [0.1, 0.15) is 12.0 Å². The summed E-state index contributed by atoms with van der Waals surface area (Å²) in [6.45, 7) is -0.212. The van der Waals surface area contributed by atoms with E-state index in [0.717, 1.165) is 5.56 Å². The van der Waals surface area contributed by atoms with Gasteiger partial charge in [-0.2, -0.15) is 0 Å². The van der Waals surface area contributed by atoms with Crippen LogP contribution in [-0.4, -0.2) is 59.2 Å². The molecule has 0 aromatic heterocycles. The Labute approximate surface area is 162 Å². The lowest BCUT2D eigenvalue weighted by atomic mass is 10.0. The second kappa shape index (κ2) is 8.93. The summed E-state index contributed by atoms with van der Waals surface area (Å²) in [7, 11) is 1.46. The van der Waals surface area contributed by atoms with E-state index in [1.165, 1.54) is 16.8 Å². The molecule has 6 nitrogen and oxygen atoms in total. The number of piperazine rings is 1. The van der Waals surface area contributed by atoms with Crippen LogP contribution >= 0.6 is 23.2 Å². The zero-order chi connectivity index (χ0) is 19.3. The molecule has 0 aliphatic carbocycles. The van der Waals surface area contributed by atoms with E-state index in [0.29, 0.717) is 11.4 Å². The first-order valence-electron chi connectivity index (χ1n) is 8.00. The first-order chi connectivity index (χ1) is 12.4. The molecule has 1 N–H and O–H groups in total. The largest absolute Gasteiger partial charge is 0.359 e. The zero-order valence-corrected chi connectivity index (χ0v) is 15.8. The summed E-state index contributed by atoms with van der Waals surface area (Å²) >= 11 is 12.3. The van der Waals surface area contributed by atoms with Crippen molar-refractivity contribution in [1.29, 1.82) is 0 Å². The summed E-state index contributed by atoms with van der Waals surface area (Å²) < 4.78 is 0. The first-order valence-corrected chi connectivity index (χ1v) is 8.81. The molecular formula is C18H19Cl2N3O3. The number of carbonyl (C=O) groups excluding carboxylic acids is 3. The minimum atomic E-state index is -0.960. The molecule has 3 amide bonds. The Kier molecular flexibility index (Phi) is 6.90. The molecule has 1 heterocycles. The lowest BCUT2D eigenvalue weighted by molar-refractivity contribution is -0.157. The molecule has 1 saturated heterocycles. The van der Waals surface area contributed by atoms with Gasteiger partial charge in [0.1, 0.15) is 18.1 Å². The summed E-state index contributed by atoms with van der Waals surface area (Å²) in [5.41, 5.74) is 0.149. The molecule has 1 aromatic carbocycles. The van der Waals surface area contributed by atoms with Crippen LogP contribution in [0.15, 0.2) is 24.3 Å². The third-order valence-corrected chi connectivity index (χ3v) is 4.79. The van der Waals surface area contributed by atoms with Gasteiger partial charge in [-0.25, -0.2) is 0 Å². The molecule has 1 fully saturated rings. The zero-order valence-electron chi connectivity index (χ0n) is 14.2. The molecule has 0 bridgehead atoms. The maximum atomic E-state index is 12.9. The topological polar surface area (TPSA) is 69.7 Å². The van der Waals surface area contributed by atoms with E-state index in [1.807, 2.05) is 0 Å². The van der Waals surface area contributed by atoms with Crippen LogP contribution < -0.4 is 5.32 Å². The molecule has 0 spiro atoms. The van der Waals surface area contributed by atoms with Gasteiger partial charge in [0, 0.05) is 18.5 Å². The van der Waals surface area contributed by atoms with Gasteiger partial charge in [0.15, 0.2) is 0 Å². The van der Waals surface area contributed by atoms with Crippen LogP contribution in [0.3, 0.4) is 0 Å². The molecule has 0 radical (unpaired) electrons. The van der Waals surface area contributed by atoms with Gasteiger partial charge in [-0.3, -0.25) is 14.4 Å². The molecule has 2 rings (SSSR count). The van der Waals surface area contributed by atoms with Gasteiger partial charge in [-0.15, -0.1) is 6.42 Å². The normalized spacial score (nSPS) is 18.5. The van der Waals surface area contributed by atoms with E-state index in [2.05, 4.69) is 11.2 Å². The summed E-state index contributed by atoms with van der Waals surface area (Å²) in [6.07, 6.45) is 5.48. The Balaban J connectivity index is 2.19. The predicted molar refractivity (Wildman–Crippen MR) is 99.5 cm³/mol. The predicted octanol–water partition coefficient (Wildman–Crippen LogP) is 1.26. The fraction of sp³-hybridized carbons (Fsp3) is 0.389. The smallest absolute Gasteiger partial charge is 0.247 e. The van der Waals surface area contributed by atoms with Crippen LogP contribution in [0.25, 0.3) is 0 Å². The van der Waals surface area contributed by atoms with Gasteiger partial charge >= 0.3 is 0 Å². The van der Waals surface area contributed by atoms with Gasteiger partial charge in [-0.1, -0.05) is 41.3 Å². The third-order valence-electron chi connectivity index (χ3n) is 4.15. The van der Waals surface area contributed by atoms with Crippen molar-refractivity contribution in [1.82, 2.24) is 15.1 Å². The number of amides is 3. The molecular weight excluding hydrogens is 377 g/mol. The molecule has 8 heteroatoms. The van der Waals surface area contributed by atoms with Crippen molar-refractivity contribution in [3.63, 3.8) is 0 Å². The monoisotopic (exact) mass is 395 g/mol. The highest BCUT2D eigenvalue weighted by Gasteiger charge is 2.42. The number of hydrogen-bond donors (Lipinski definition) is 1. The Morgan fingerprint density at radius 2 is 2.04 bits per heavy atom. The SMILES string of the molecule is C#CCN1C(=O)CN(C(Cl)Cc2ccc(Cl)cc2)C(=O)C1CC(=O)NC. The number of rotatable bonds is 6. The van der Waals surface area contributed by atoms with Crippen molar-refractivity contribution < 1.29 is 14.4 Å². The van der Waals surface area contributed by atoms with E-state index < -0.39 is 17.5 Å². The van der Waals surface area contributed by atoms with E-state index in [9.17, 15) is 14.4 Å². The highest BCUT2D eigenvalue weighted by molar-refractivity contribution is 6.30. The quantitative estimate of drug-likeness (QED) is 0.447. The van der Waals surface area contributed by atoms with Gasteiger partial charge in [0.05, 0.1) is 13.0 Å². The number of terminal acetylenes is 1. The van der Waals surface area contributed by atoms with Crippen LogP contribution in [-0.2, 0) is 20.8 Å². The highest BCUT2D eigenvalue weighted by Crippen LogP contribution is 2.22. The van der Waals surface area contributed by atoms with Crippen molar-refractivity contribution in [3.8, 4) is 12.3 Å². The third kappa shape index (κ3) is 4.69. The van der Waals surface area contributed by atoms with E-state index in [-0.39, 0.29) is 31.3 Å². The standard InChI is InChI=1S/C18H19Cl2N3O3/c1-3-8-22-14(10-16(24)21-2)18(26)23(11-17(22)25)15(20)9-12-4-6-13(19)7-5-12/h1,4-7,14-15H,8-11H2,2H3,(H,21,24). The lowest BCUT2D eigenvalue weighted by Gasteiger charge is -2.41. The summed E-state index contributed by atoms with van der Waals surface area (Å²) in [5, 5.41) is 3.05. The molecule has 2 atom stereocenters. The summed E-state index contributed by atoms with van der Waals surface area (Å²) in [4.78, 5) is 39.6. The Morgan fingerprint density at radius 1 is 1.38 bits per heavy atom. The summed E-state index contributed by atoms with van der Waals surface area (Å²) in [5.74, 6) is 1.27. The second-order valence-corrected chi connectivity index (χ2v) is 6.79. The van der Waals surface area contributed by atoms with Gasteiger partial charge in [0.25, 0.3) is 0 Å². The maximum Gasteiger partial charge on any atom is 0.247 e. The van der Waals surface area contributed by atoms with Gasteiger partial charge in [0.2, 0.25) is 17.7 Å². The molecule has 1 aromatic rings. The number of nitrogens with one attached hydrogen (secondary N) is 1. The van der Waals surface area contributed by atoms with Gasteiger partial charge < -0.3 is 15.1 Å².